The second-order valence-electron chi connectivity index (χ2n) is 11.5. The van der Waals surface area contributed by atoms with Crippen LogP contribution in [0, 0.1) is 24.1 Å². The predicted octanol–water partition coefficient (Wildman–Crippen LogP) is 4.42. The van der Waals surface area contributed by atoms with E-state index in [1.807, 2.05) is 31.2 Å². The van der Waals surface area contributed by atoms with Gasteiger partial charge in [-0.2, -0.15) is 5.26 Å². The molecule has 9 heteroatoms. The van der Waals surface area contributed by atoms with Gasteiger partial charge >= 0.3 is 0 Å². The van der Waals surface area contributed by atoms with Crippen LogP contribution < -0.4 is 14.5 Å². The molecule has 8 nitrogen and oxygen atoms in total. The molecule has 0 spiro atoms. The lowest BCUT2D eigenvalue weighted by Crippen LogP contribution is -2.49. The molecule has 1 aromatic heterocycles. The number of anilines is 2. The number of hydrogen-bond donors (Lipinski definition) is 0. The van der Waals surface area contributed by atoms with Gasteiger partial charge in [0, 0.05) is 55.4 Å². The maximum Gasteiger partial charge on any atom is 0.246 e. The molecule has 0 saturated carbocycles. The number of nitrogens with zero attached hydrogens (tertiary/aromatic N) is 6. The number of carbonyl (C=O) groups excluding carboxylic acids is 1. The van der Waals surface area contributed by atoms with E-state index in [1.54, 1.807) is 4.90 Å². The van der Waals surface area contributed by atoms with Crippen molar-refractivity contribution in [1.29, 1.82) is 5.26 Å². The minimum Gasteiger partial charge on any atom is -0.475 e. The molecular formula is C33H37FN6O2. The number of rotatable bonds is 6. The van der Waals surface area contributed by atoms with Gasteiger partial charge in [0.05, 0.1) is 17.9 Å². The molecule has 0 N–H and O–H groups in total. The Hall–Kier alpha value is -4.16. The summed E-state index contributed by atoms with van der Waals surface area (Å²) in [5, 5.41) is 12.3. The van der Waals surface area contributed by atoms with E-state index in [-0.39, 0.29) is 17.8 Å². The second kappa shape index (κ2) is 11.6. The molecule has 0 unspecified atom stereocenters. The summed E-state index contributed by atoms with van der Waals surface area (Å²) in [6, 6.07) is 12.2. The normalized spacial score (nSPS) is 19.1. The SMILES string of the molecule is C=CC(=O)N1CCN(c2c(C#N)c(OC[C@@H]3CCCN3C)nc3c2CCN(c2cccc4ccc(F)c(C)c24)C3)CC1. The van der Waals surface area contributed by atoms with Crippen LogP contribution in [0.25, 0.3) is 10.8 Å². The first kappa shape index (κ1) is 28.0. The first-order valence-corrected chi connectivity index (χ1v) is 14.8. The summed E-state index contributed by atoms with van der Waals surface area (Å²) in [7, 11) is 2.11. The average molecular weight is 569 g/mol. The summed E-state index contributed by atoms with van der Waals surface area (Å²) < 4.78 is 21.0. The molecule has 218 valence electrons. The number of likely N-dealkylation sites (tertiary alicyclic amines) is 1. The number of amides is 1. The Morgan fingerprint density at radius 3 is 2.69 bits per heavy atom. The summed E-state index contributed by atoms with van der Waals surface area (Å²) in [4.78, 5) is 25.8. The van der Waals surface area contributed by atoms with Crippen LogP contribution in [0.5, 0.6) is 5.88 Å². The van der Waals surface area contributed by atoms with Gasteiger partial charge in [-0.1, -0.05) is 24.8 Å². The summed E-state index contributed by atoms with van der Waals surface area (Å²) in [6.07, 6.45) is 4.23. The molecule has 2 aromatic carbocycles. The number of likely N-dealkylation sites (N-methyl/N-ethyl adjacent to an activating group) is 1. The number of carbonyl (C=O) groups is 1. The number of hydrogen-bond acceptors (Lipinski definition) is 7. The Morgan fingerprint density at radius 1 is 1.17 bits per heavy atom. The maximum absolute atomic E-state index is 14.7. The molecule has 0 aliphatic carbocycles. The van der Waals surface area contributed by atoms with Gasteiger partial charge in [-0.25, -0.2) is 9.37 Å². The van der Waals surface area contributed by atoms with E-state index in [2.05, 4.69) is 34.4 Å². The van der Waals surface area contributed by atoms with E-state index in [0.29, 0.717) is 69.3 Å². The van der Waals surface area contributed by atoms with Gasteiger partial charge in [0.2, 0.25) is 11.8 Å². The van der Waals surface area contributed by atoms with Crippen molar-refractivity contribution in [2.24, 2.45) is 0 Å². The molecule has 6 rings (SSSR count). The van der Waals surface area contributed by atoms with Gasteiger partial charge in [-0.15, -0.1) is 0 Å². The number of benzene rings is 2. The van der Waals surface area contributed by atoms with Crippen LogP contribution in [-0.2, 0) is 17.8 Å². The van der Waals surface area contributed by atoms with Gasteiger partial charge in [0.15, 0.2) is 0 Å². The minimum absolute atomic E-state index is 0.0749. The van der Waals surface area contributed by atoms with Crippen molar-refractivity contribution in [2.75, 3.05) is 62.7 Å². The summed E-state index contributed by atoms with van der Waals surface area (Å²) >= 11 is 0. The molecule has 2 fully saturated rings. The Bertz CT molecular complexity index is 1580. The molecule has 42 heavy (non-hydrogen) atoms. The van der Waals surface area contributed by atoms with Crippen molar-refractivity contribution in [1.82, 2.24) is 14.8 Å². The summed E-state index contributed by atoms with van der Waals surface area (Å²) in [5.41, 5.74) is 4.89. The predicted molar refractivity (Wildman–Crippen MR) is 162 cm³/mol. The molecular weight excluding hydrogens is 531 g/mol. The van der Waals surface area contributed by atoms with E-state index in [1.165, 1.54) is 12.1 Å². The van der Waals surface area contributed by atoms with Crippen LogP contribution in [0.15, 0.2) is 43.0 Å². The smallest absolute Gasteiger partial charge is 0.246 e. The van der Waals surface area contributed by atoms with Gasteiger partial charge in [0.25, 0.3) is 0 Å². The fourth-order valence-corrected chi connectivity index (χ4v) is 6.72. The maximum atomic E-state index is 14.7. The Morgan fingerprint density at radius 2 is 1.98 bits per heavy atom. The Balaban J connectivity index is 1.38. The standard InChI is InChI=1S/C33H37FN6O2/c1-4-30(41)38-15-17-39(18-16-38)32-25-12-14-40(29-9-5-7-23-10-11-27(34)22(2)31(23)29)20-28(25)36-33(26(32)19-35)42-21-24-8-6-13-37(24)3/h4-5,7,9-11,24H,1,6,8,12-18,20-21H2,2-3H3/t24-/m0/s1. The quantitative estimate of drug-likeness (QED) is 0.408. The fraction of sp³-hybridized carbons (Fsp3) is 0.424. The molecule has 4 heterocycles. The number of ether oxygens (including phenoxy) is 1. The van der Waals surface area contributed by atoms with Crippen molar-refractivity contribution in [3.63, 3.8) is 0 Å². The van der Waals surface area contributed by atoms with E-state index in [9.17, 15) is 14.4 Å². The fourth-order valence-electron chi connectivity index (χ4n) is 6.72. The summed E-state index contributed by atoms with van der Waals surface area (Å²) in [5.74, 6) is 0.0836. The number of nitriles is 1. The topological polar surface area (TPSA) is 75.9 Å². The first-order valence-electron chi connectivity index (χ1n) is 14.8. The lowest BCUT2D eigenvalue weighted by Gasteiger charge is -2.39. The van der Waals surface area contributed by atoms with Crippen LogP contribution >= 0.6 is 0 Å². The highest BCUT2D eigenvalue weighted by Crippen LogP contribution is 2.40. The van der Waals surface area contributed by atoms with Crippen LogP contribution in [0.4, 0.5) is 15.8 Å². The van der Waals surface area contributed by atoms with Crippen molar-refractivity contribution < 1.29 is 13.9 Å². The molecule has 0 bridgehead atoms. The monoisotopic (exact) mass is 568 g/mol. The highest BCUT2D eigenvalue weighted by Gasteiger charge is 2.32. The number of piperazine rings is 1. The Labute approximate surface area is 246 Å². The minimum atomic E-state index is -0.215. The van der Waals surface area contributed by atoms with Gasteiger partial charge in [-0.05, 0) is 68.9 Å². The Kier molecular flexibility index (Phi) is 7.74. The third kappa shape index (κ3) is 5.05. The molecule has 3 aliphatic rings. The van der Waals surface area contributed by atoms with Crippen LogP contribution in [0.1, 0.15) is 35.2 Å². The van der Waals surface area contributed by atoms with E-state index < -0.39 is 0 Å². The highest BCUT2D eigenvalue weighted by molar-refractivity contribution is 5.97. The lowest BCUT2D eigenvalue weighted by molar-refractivity contribution is -0.126. The number of aromatic nitrogens is 1. The average Bonchev–Trinajstić information content (AvgIpc) is 3.44. The van der Waals surface area contributed by atoms with Crippen molar-refractivity contribution in [3.8, 4) is 11.9 Å². The van der Waals surface area contributed by atoms with Crippen LogP contribution in [0.2, 0.25) is 0 Å². The molecule has 0 radical (unpaired) electrons. The number of fused-ring (bicyclic) bond motifs is 2. The summed E-state index contributed by atoms with van der Waals surface area (Å²) in [6.45, 7) is 10.5. The third-order valence-electron chi connectivity index (χ3n) is 9.13. The van der Waals surface area contributed by atoms with Crippen LogP contribution in [-0.4, -0.2) is 79.7 Å². The van der Waals surface area contributed by atoms with Crippen molar-refractivity contribution in [3.05, 3.63) is 71.2 Å². The van der Waals surface area contributed by atoms with E-state index in [0.717, 1.165) is 52.8 Å². The molecule has 2 saturated heterocycles. The van der Waals surface area contributed by atoms with Crippen molar-refractivity contribution in [2.45, 2.75) is 38.8 Å². The van der Waals surface area contributed by atoms with Crippen molar-refractivity contribution >= 4 is 28.1 Å². The molecule has 3 aromatic rings. The number of aryl methyl sites for hydroxylation is 1. The van der Waals surface area contributed by atoms with E-state index >= 15 is 0 Å². The highest BCUT2D eigenvalue weighted by atomic mass is 19.1. The second-order valence-corrected chi connectivity index (χ2v) is 11.5. The lowest BCUT2D eigenvalue weighted by atomic mass is 9.96. The molecule has 1 amide bonds. The third-order valence-corrected chi connectivity index (χ3v) is 9.13. The van der Waals surface area contributed by atoms with Gasteiger partial charge < -0.3 is 24.3 Å². The van der Waals surface area contributed by atoms with E-state index in [4.69, 9.17) is 9.72 Å². The number of halogens is 1. The zero-order chi connectivity index (χ0) is 29.4. The number of pyridine rings is 1. The van der Waals surface area contributed by atoms with Gasteiger partial charge in [-0.3, -0.25) is 4.79 Å². The first-order chi connectivity index (χ1) is 20.4. The largest absolute Gasteiger partial charge is 0.475 e. The van der Waals surface area contributed by atoms with Gasteiger partial charge in [0.1, 0.15) is 24.1 Å². The zero-order valence-corrected chi connectivity index (χ0v) is 24.4. The van der Waals surface area contributed by atoms with Crippen LogP contribution in [0.3, 0.4) is 0 Å². The molecule has 1 atom stereocenters. The zero-order valence-electron chi connectivity index (χ0n) is 24.4. The molecule has 3 aliphatic heterocycles.